The highest BCUT2D eigenvalue weighted by Crippen LogP contribution is 2.26. The topological polar surface area (TPSA) is 68.3 Å². The van der Waals surface area contributed by atoms with Crippen LogP contribution in [0.3, 0.4) is 0 Å². The van der Waals surface area contributed by atoms with Crippen LogP contribution in [0.1, 0.15) is 31.8 Å². The van der Waals surface area contributed by atoms with Crippen molar-refractivity contribution in [3.05, 3.63) is 70.1 Å². The molecule has 0 radical (unpaired) electrons. The molecule has 3 aromatic rings. The van der Waals surface area contributed by atoms with Crippen LogP contribution in [0.15, 0.2) is 47.8 Å². The Hall–Kier alpha value is -2.99. The Morgan fingerprint density at radius 1 is 1.00 bits per heavy atom. The zero-order valence-electron chi connectivity index (χ0n) is 14.7. The Bertz CT molecular complexity index is 961. The predicted molar refractivity (Wildman–Crippen MR) is 103 cm³/mol. The van der Waals surface area contributed by atoms with Crippen LogP contribution in [0, 0.1) is 13.8 Å². The van der Waals surface area contributed by atoms with E-state index in [-0.39, 0.29) is 5.91 Å². The summed E-state index contributed by atoms with van der Waals surface area (Å²) >= 11 is 1.37. The number of anilines is 1. The van der Waals surface area contributed by atoms with Crippen molar-refractivity contribution in [2.45, 2.75) is 13.8 Å². The number of aryl methyl sites for hydroxylation is 2. The summed E-state index contributed by atoms with van der Waals surface area (Å²) < 4.78 is 4.64. The van der Waals surface area contributed by atoms with E-state index in [2.05, 4.69) is 41.0 Å². The van der Waals surface area contributed by atoms with E-state index >= 15 is 0 Å². The number of thiazole rings is 1. The molecule has 5 nitrogen and oxygen atoms in total. The number of methoxy groups -OCH3 is 1. The normalized spacial score (nSPS) is 10.4. The molecule has 1 heterocycles. The minimum atomic E-state index is -0.435. The molecule has 3 rings (SSSR count). The van der Waals surface area contributed by atoms with E-state index in [9.17, 15) is 9.59 Å². The van der Waals surface area contributed by atoms with Crippen molar-refractivity contribution in [1.82, 2.24) is 4.98 Å². The fourth-order valence-electron chi connectivity index (χ4n) is 2.41. The number of amides is 1. The Kier molecular flexibility index (Phi) is 5.14. The van der Waals surface area contributed by atoms with E-state index in [0.717, 1.165) is 11.3 Å². The number of nitrogens with zero attached hydrogens (tertiary/aromatic N) is 1. The second-order valence-electron chi connectivity index (χ2n) is 5.86. The summed E-state index contributed by atoms with van der Waals surface area (Å²) in [5.74, 6) is -0.711. The molecule has 0 unspecified atom stereocenters. The quantitative estimate of drug-likeness (QED) is 0.692. The average Bonchev–Trinajstić information content (AvgIpc) is 3.12. The molecule has 1 aromatic heterocycles. The fraction of sp³-hybridized carbons (Fsp3) is 0.150. The number of hydrogen-bond acceptors (Lipinski definition) is 5. The summed E-state index contributed by atoms with van der Waals surface area (Å²) in [7, 11) is 1.32. The highest BCUT2D eigenvalue weighted by atomic mass is 32.1. The second-order valence-corrected chi connectivity index (χ2v) is 6.72. The van der Waals surface area contributed by atoms with Gasteiger partial charge in [-0.2, -0.15) is 0 Å². The number of hydrogen-bond donors (Lipinski definition) is 1. The summed E-state index contributed by atoms with van der Waals surface area (Å²) in [6.45, 7) is 4.13. The molecular weight excluding hydrogens is 348 g/mol. The highest BCUT2D eigenvalue weighted by Gasteiger charge is 2.12. The van der Waals surface area contributed by atoms with Crippen molar-refractivity contribution in [2.75, 3.05) is 12.4 Å². The molecular formula is C20H18N2O3S. The molecule has 0 bridgehead atoms. The van der Waals surface area contributed by atoms with Crippen LogP contribution in [-0.4, -0.2) is 24.0 Å². The minimum absolute atomic E-state index is 0.276. The van der Waals surface area contributed by atoms with Crippen LogP contribution in [0.25, 0.3) is 11.3 Å². The zero-order valence-corrected chi connectivity index (χ0v) is 15.5. The third-order valence-corrected chi connectivity index (χ3v) is 4.85. The van der Waals surface area contributed by atoms with Gasteiger partial charge in [0.2, 0.25) is 0 Å². The van der Waals surface area contributed by atoms with Gasteiger partial charge in [0.05, 0.1) is 18.4 Å². The van der Waals surface area contributed by atoms with Crippen LogP contribution in [0.2, 0.25) is 0 Å². The van der Waals surface area contributed by atoms with Crippen LogP contribution in [0.5, 0.6) is 0 Å². The first-order chi connectivity index (χ1) is 12.5. The summed E-state index contributed by atoms with van der Waals surface area (Å²) in [6, 6.07) is 12.5. The number of esters is 1. The van der Waals surface area contributed by atoms with Crippen LogP contribution < -0.4 is 5.32 Å². The summed E-state index contributed by atoms with van der Waals surface area (Å²) in [4.78, 5) is 28.3. The van der Waals surface area contributed by atoms with E-state index in [1.807, 2.05) is 11.4 Å². The van der Waals surface area contributed by atoms with Gasteiger partial charge in [0, 0.05) is 16.5 Å². The second kappa shape index (κ2) is 7.49. The van der Waals surface area contributed by atoms with Gasteiger partial charge in [0.15, 0.2) is 5.13 Å². The molecule has 0 spiro atoms. The third kappa shape index (κ3) is 3.81. The number of aromatic nitrogens is 1. The standard InChI is InChI=1S/C20H18N2O3S/c1-12-4-5-16(10-13(12)2)17-11-26-20(21-17)22-18(23)14-6-8-15(9-7-14)19(24)25-3/h4-11H,1-3H3,(H,21,22,23). The summed E-state index contributed by atoms with van der Waals surface area (Å²) in [5, 5.41) is 5.23. The highest BCUT2D eigenvalue weighted by molar-refractivity contribution is 7.14. The van der Waals surface area contributed by atoms with Gasteiger partial charge in [-0.05, 0) is 55.3 Å². The minimum Gasteiger partial charge on any atom is -0.465 e. The third-order valence-electron chi connectivity index (χ3n) is 4.10. The molecule has 6 heteroatoms. The van der Waals surface area contributed by atoms with Crippen molar-refractivity contribution in [2.24, 2.45) is 0 Å². The van der Waals surface area contributed by atoms with Gasteiger partial charge in [0.1, 0.15) is 0 Å². The van der Waals surface area contributed by atoms with E-state index in [1.54, 1.807) is 24.3 Å². The van der Waals surface area contributed by atoms with E-state index in [4.69, 9.17) is 0 Å². The van der Waals surface area contributed by atoms with Gasteiger partial charge in [-0.3, -0.25) is 10.1 Å². The average molecular weight is 366 g/mol. The first kappa shape index (κ1) is 17.8. The maximum atomic E-state index is 12.3. The smallest absolute Gasteiger partial charge is 0.337 e. The van der Waals surface area contributed by atoms with Crippen molar-refractivity contribution < 1.29 is 14.3 Å². The van der Waals surface area contributed by atoms with Gasteiger partial charge in [-0.15, -0.1) is 11.3 Å². The maximum Gasteiger partial charge on any atom is 0.337 e. The van der Waals surface area contributed by atoms with Crippen LogP contribution in [-0.2, 0) is 4.74 Å². The Morgan fingerprint density at radius 2 is 1.69 bits per heavy atom. The molecule has 0 fully saturated rings. The number of carbonyl (C=O) groups excluding carboxylic acids is 2. The number of benzene rings is 2. The lowest BCUT2D eigenvalue weighted by atomic mass is 10.1. The van der Waals surface area contributed by atoms with E-state index < -0.39 is 5.97 Å². The van der Waals surface area contributed by atoms with Gasteiger partial charge in [0.25, 0.3) is 5.91 Å². The molecule has 0 atom stereocenters. The lowest BCUT2D eigenvalue weighted by Crippen LogP contribution is -2.12. The lowest BCUT2D eigenvalue weighted by molar-refractivity contribution is 0.0600. The summed E-state index contributed by atoms with van der Waals surface area (Å²) in [5.41, 5.74) is 5.12. The molecule has 0 saturated carbocycles. The Morgan fingerprint density at radius 3 is 2.35 bits per heavy atom. The van der Waals surface area contributed by atoms with E-state index in [0.29, 0.717) is 16.3 Å². The first-order valence-electron chi connectivity index (χ1n) is 8.01. The predicted octanol–water partition coefficient (Wildman–Crippen LogP) is 4.47. The zero-order chi connectivity index (χ0) is 18.7. The Balaban J connectivity index is 1.73. The van der Waals surface area contributed by atoms with Crippen molar-refractivity contribution in [1.29, 1.82) is 0 Å². The first-order valence-corrected chi connectivity index (χ1v) is 8.89. The van der Waals surface area contributed by atoms with E-state index in [1.165, 1.54) is 29.6 Å². The largest absolute Gasteiger partial charge is 0.465 e. The molecule has 1 N–H and O–H groups in total. The van der Waals surface area contributed by atoms with Gasteiger partial charge >= 0.3 is 5.97 Å². The molecule has 0 saturated heterocycles. The number of nitrogens with one attached hydrogen (secondary N) is 1. The van der Waals surface area contributed by atoms with Crippen molar-refractivity contribution in [3.63, 3.8) is 0 Å². The van der Waals surface area contributed by atoms with Gasteiger partial charge in [-0.25, -0.2) is 9.78 Å². The van der Waals surface area contributed by atoms with Crippen LogP contribution >= 0.6 is 11.3 Å². The SMILES string of the molecule is COC(=O)c1ccc(C(=O)Nc2nc(-c3ccc(C)c(C)c3)cs2)cc1. The number of ether oxygens (including phenoxy) is 1. The number of carbonyl (C=O) groups is 2. The maximum absolute atomic E-state index is 12.3. The monoisotopic (exact) mass is 366 g/mol. The molecule has 0 aliphatic carbocycles. The fourth-order valence-corrected chi connectivity index (χ4v) is 3.12. The van der Waals surface area contributed by atoms with Gasteiger partial charge in [-0.1, -0.05) is 12.1 Å². The van der Waals surface area contributed by atoms with Crippen molar-refractivity contribution >= 4 is 28.3 Å². The molecule has 1 amide bonds. The lowest BCUT2D eigenvalue weighted by Gasteiger charge is -2.04. The summed E-state index contributed by atoms with van der Waals surface area (Å²) in [6.07, 6.45) is 0. The van der Waals surface area contributed by atoms with Gasteiger partial charge < -0.3 is 4.74 Å². The molecule has 0 aliphatic rings. The van der Waals surface area contributed by atoms with Crippen LogP contribution in [0.4, 0.5) is 5.13 Å². The number of rotatable bonds is 4. The Labute approximate surface area is 155 Å². The molecule has 26 heavy (non-hydrogen) atoms. The molecule has 0 aliphatic heterocycles. The molecule has 2 aromatic carbocycles. The molecule has 132 valence electrons. The van der Waals surface area contributed by atoms with Crippen molar-refractivity contribution in [3.8, 4) is 11.3 Å².